The van der Waals surface area contributed by atoms with Gasteiger partial charge in [-0.1, -0.05) is 29.8 Å². The van der Waals surface area contributed by atoms with E-state index in [1.165, 1.54) is 12.1 Å². The lowest BCUT2D eigenvalue weighted by molar-refractivity contribution is 0.0950. The molecule has 1 N–H and O–H groups in total. The second-order valence-electron chi connectivity index (χ2n) is 3.86. The first-order valence-corrected chi connectivity index (χ1v) is 5.93. The summed E-state index contributed by atoms with van der Waals surface area (Å²) in [6.07, 6.45) is 0. The van der Waals surface area contributed by atoms with Crippen LogP contribution in [0.3, 0.4) is 0 Å². The summed E-state index contributed by atoms with van der Waals surface area (Å²) in [6.45, 7) is -0.234. The lowest BCUT2D eigenvalue weighted by Crippen LogP contribution is -2.24. The Kier molecular flexibility index (Phi) is 4.12. The van der Waals surface area contributed by atoms with Crippen molar-refractivity contribution in [2.75, 3.05) is 0 Å². The molecule has 2 nitrogen and oxygen atoms in total. The summed E-state index contributed by atoms with van der Waals surface area (Å²) in [7, 11) is 0. The summed E-state index contributed by atoms with van der Waals surface area (Å²) in [5.41, 5.74) is 0.0869. The number of carbonyl (C=O) groups is 1. The Hall–Kier alpha value is -1.94. The third kappa shape index (κ3) is 3.09. The van der Waals surface area contributed by atoms with Crippen molar-refractivity contribution in [3.05, 3.63) is 70.2 Å². The number of benzene rings is 2. The fourth-order valence-corrected chi connectivity index (χ4v) is 1.83. The number of hydrogen-bond donors (Lipinski definition) is 1. The van der Waals surface area contributed by atoms with Gasteiger partial charge in [-0.05, 0) is 24.3 Å². The molecule has 0 heterocycles. The first kappa shape index (κ1) is 13.5. The van der Waals surface area contributed by atoms with Gasteiger partial charge in [0.05, 0.1) is 10.6 Å². The summed E-state index contributed by atoms with van der Waals surface area (Å²) in [5, 5.41) is 2.72. The van der Waals surface area contributed by atoms with E-state index in [0.29, 0.717) is 0 Å². The summed E-state index contributed by atoms with van der Waals surface area (Å²) in [6, 6.07) is 10.00. The van der Waals surface area contributed by atoms with E-state index in [-0.39, 0.29) is 22.7 Å². The minimum Gasteiger partial charge on any atom is -0.348 e. The van der Waals surface area contributed by atoms with Gasteiger partial charge in [-0.3, -0.25) is 4.79 Å². The van der Waals surface area contributed by atoms with Gasteiger partial charge in [0.1, 0.15) is 11.6 Å². The molecule has 19 heavy (non-hydrogen) atoms. The van der Waals surface area contributed by atoms with Crippen LogP contribution in [0.2, 0.25) is 5.02 Å². The van der Waals surface area contributed by atoms with Crippen LogP contribution in [0, 0.1) is 11.6 Å². The topological polar surface area (TPSA) is 29.1 Å². The minimum atomic E-state index is -0.695. The van der Waals surface area contributed by atoms with Gasteiger partial charge in [-0.15, -0.1) is 0 Å². The maximum atomic E-state index is 13.4. The summed E-state index contributed by atoms with van der Waals surface area (Å²) >= 11 is 5.85. The number of halogens is 3. The van der Waals surface area contributed by atoms with E-state index in [9.17, 15) is 13.6 Å². The van der Waals surface area contributed by atoms with Crippen molar-refractivity contribution in [3.63, 3.8) is 0 Å². The Bertz CT molecular complexity index is 596. The molecule has 1 amide bonds. The third-order valence-corrected chi connectivity index (χ3v) is 2.94. The minimum absolute atomic E-state index is 0.178. The van der Waals surface area contributed by atoms with E-state index in [4.69, 9.17) is 11.6 Å². The normalized spacial score (nSPS) is 10.3. The molecule has 2 aromatic carbocycles. The van der Waals surface area contributed by atoms with Crippen LogP contribution in [0.5, 0.6) is 0 Å². The maximum absolute atomic E-state index is 13.4. The average molecular weight is 282 g/mol. The Morgan fingerprint density at radius 3 is 2.32 bits per heavy atom. The van der Waals surface area contributed by atoms with E-state index in [2.05, 4.69) is 5.32 Å². The van der Waals surface area contributed by atoms with Crippen molar-refractivity contribution in [2.45, 2.75) is 6.54 Å². The van der Waals surface area contributed by atoms with Crippen LogP contribution in [-0.4, -0.2) is 5.91 Å². The molecule has 0 radical (unpaired) electrons. The van der Waals surface area contributed by atoms with E-state index >= 15 is 0 Å². The molecule has 0 aliphatic rings. The average Bonchev–Trinajstić information content (AvgIpc) is 2.38. The highest BCUT2D eigenvalue weighted by Gasteiger charge is 2.12. The van der Waals surface area contributed by atoms with Crippen LogP contribution in [0.1, 0.15) is 15.9 Å². The zero-order valence-electron chi connectivity index (χ0n) is 9.79. The van der Waals surface area contributed by atoms with Gasteiger partial charge in [0.15, 0.2) is 0 Å². The molecule has 2 rings (SSSR count). The molecule has 0 spiro atoms. The number of rotatable bonds is 3. The van der Waals surface area contributed by atoms with Crippen LogP contribution >= 0.6 is 11.6 Å². The predicted molar refractivity (Wildman–Crippen MR) is 69.0 cm³/mol. The van der Waals surface area contributed by atoms with Crippen molar-refractivity contribution >= 4 is 17.5 Å². The van der Waals surface area contributed by atoms with E-state index in [1.54, 1.807) is 18.2 Å². The Balaban J connectivity index is 2.11. The van der Waals surface area contributed by atoms with Gasteiger partial charge < -0.3 is 5.32 Å². The zero-order chi connectivity index (χ0) is 13.8. The fraction of sp³-hybridized carbons (Fsp3) is 0.0714. The van der Waals surface area contributed by atoms with Gasteiger partial charge in [0.2, 0.25) is 0 Å². The first-order chi connectivity index (χ1) is 9.09. The van der Waals surface area contributed by atoms with Crippen LogP contribution in [0.4, 0.5) is 8.78 Å². The standard InChI is InChI=1S/C14H10ClF2NO/c15-11-5-2-1-4-9(11)14(19)18-8-10-12(16)6-3-7-13(10)17/h1-7H,8H2,(H,18,19). The molecule has 0 saturated carbocycles. The quantitative estimate of drug-likeness (QED) is 0.916. The van der Waals surface area contributed by atoms with Gasteiger partial charge >= 0.3 is 0 Å². The van der Waals surface area contributed by atoms with Gasteiger partial charge in [-0.2, -0.15) is 0 Å². The zero-order valence-corrected chi connectivity index (χ0v) is 10.5. The molecule has 0 saturated heterocycles. The summed E-state index contributed by atoms with van der Waals surface area (Å²) in [4.78, 5) is 11.8. The molecule has 5 heteroatoms. The molecule has 2 aromatic rings. The van der Waals surface area contributed by atoms with Crippen LogP contribution in [0.15, 0.2) is 42.5 Å². The highest BCUT2D eigenvalue weighted by Crippen LogP contribution is 2.16. The number of carbonyl (C=O) groups excluding carboxylic acids is 1. The molecule has 0 fully saturated rings. The van der Waals surface area contributed by atoms with Crippen molar-refractivity contribution in [2.24, 2.45) is 0 Å². The Labute approximate surface area is 114 Å². The van der Waals surface area contributed by atoms with Crippen LogP contribution in [-0.2, 0) is 6.54 Å². The molecular weight excluding hydrogens is 272 g/mol. The van der Waals surface area contributed by atoms with Gasteiger partial charge in [0, 0.05) is 12.1 Å². The van der Waals surface area contributed by atoms with E-state index < -0.39 is 17.5 Å². The van der Waals surface area contributed by atoms with Crippen LogP contribution in [0.25, 0.3) is 0 Å². The van der Waals surface area contributed by atoms with Crippen molar-refractivity contribution in [1.82, 2.24) is 5.32 Å². The van der Waals surface area contributed by atoms with E-state index in [1.807, 2.05) is 0 Å². The summed E-state index contributed by atoms with van der Waals surface area (Å²) < 4.78 is 26.7. The Morgan fingerprint density at radius 1 is 1.05 bits per heavy atom. The summed E-state index contributed by atoms with van der Waals surface area (Å²) in [5.74, 6) is -1.87. The lowest BCUT2D eigenvalue weighted by atomic mass is 10.1. The molecular formula is C14H10ClF2NO. The SMILES string of the molecule is O=C(NCc1c(F)cccc1F)c1ccccc1Cl. The highest BCUT2D eigenvalue weighted by atomic mass is 35.5. The van der Waals surface area contributed by atoms with Crippen LogP contribution < -0.4 is 5.32 Å². The molecule has 0 unspecified atom stereocenters. The fourth-order valence-electron chi connectivity index (χ4n) is 1.61. The monoisotopic (exact) mass is 281 g/mol. The van der Waals surface area contributed by atoms with E-state index in [0.717, 1.165) is 12.1 Å². The van der Waals surface area contributed by atoms with Gasteiger partial charge in [-0.25, -0.2) is 8.78 Å². The number of hydrogen-bond acceptors (Lipinski definition) is 1. The smallest absolute Gasteiger partial charge is 0.253 e. The predicted octanol–water partition coefficient (Wildman–Crippen LogP) is 3.55. The number of nitrogens with one attached hydrogen (secondary N) is 1. The van der Waals surface area contributed by atoms with Crippen molar-refractivity contribution in [3.8, 4) is 0 Å². The largest absolute Gasteiger partial charge is 0.348 e. The lowest BCUT2D eigenvalue weighted by Gasteiger charge is -2.08. The molecule has 0 bridgehead atoms. The molecule has 0 aliphatic carbocycles. The molecule has 0 aromatic heterocycles. The van der Waals surface area contributed by atoms with Gasteiger partial charge in [0.25, 0.3) is 5.91 Å². The highest BCUT2D eigenvalue weighted by molar-refractivity contribution is 6.33. The second kappa shape index (κ2) is 5.80. The number of amides is 1. The Morgan fingerprint density at radius 2 is 1.68 bits per heavy atom. The molecule has 98 valence electrons. The molecule has 0 aliphatic heterocycles. The third-order valence-electron chi connectivity index (χ3n) is 2.61. The second-order valence-corrected chi connectivity index (χ2v) is 4.27. The van der Waals surface area contributed by atoms with Crippen molar-refractivity contribution in [1.29, 1.82) is 0 Å². The molecule has 0 atom stereocenters. The van der Waals surface area contributed by atoms with Crippen molar-refractivity contribution < 1.29 is 13.6 Å². The first-order valence-electron chi connectivity index (χ1n) is 5.55. The maximum Gasteiger partial charge on any atom is 0.253 e.